The van der Waals surface area contributed by atoms with E-state index in [4.69, 9.17) is 11.6 Å². The van der Waals surface area contributed by atoms with Crippen molar-refractivity contribution < 1.29 is 4.79 Å². The third-order valence-corrected chi connectivity index (χ3v) is 4.42. The van der Waals surface area contributed by atoms with Crippen LogP contribution < -0.4 is 5.32 Å². The monoisotopic (exact) mass is 343 g/mol. The van der Waals surface area contributed by atoms with E-state index < -0.39 is 0 Å². The second-order valence-electron chi connectivity index (χ2n) is 5.75. The summed E-state index contributed by atoms with van der Waals surface area (Å²) in [6.45, 7) is 5.80. The van der Waals surface area contributed by atoms with Gasteiger partial charge in [0.15, 0.2) is 0 Å². The molecule has 2 heterocycles. The molecule has 7 heteroatoms. The zero-order valence-corrected chi connectivity index (χ0v) is 14.7. The van der Waals surface area contributed by atoms with Gasteiger partial charge in [0.05, 0.1) is 11.4 Å². The summed E-state index contributed by atoms with van der Waals surface area (Å²) in [6, 6.07) is 7.12. The third kappa shape index (κ3) is 2.92. The minimum atomic E-state index is -0.270. The first-order chi connectivity index (χ1) is 11.4. The topological polar surface area (TPSA) is 75.6 Å². The number of nitrogens with zero attached hydrogens (tertiary/aromatic N) is 3. The maximum Gasteiger partial charge on any atom is 0.273 e. The van der Waals surface area contributed by atoms with E-state index in [9.17, 15) is 4.79 Å². The summed E-state index contributed by atoms with van der Waals surface area (Å²) < 4.78 is 1.80. The van der Waals surface area contributed by atoms with Crippen molar-refractivity contribution in [3.63, 3.8) is 0 Å². The Morgan fingerprint density at radius 2 is 2.00 bits per heavy atom. The number of carbonyl (C=O) groups is 1. The van der Waals surface area contributed by atoms with Crippen LogP contribution in [0.2, 0.25) is 5.02 Å². The Hall–Kier alpha value is -2.60. The third-order valence-electron chi connectivity index (χ3n) is 4.02. The first-order valence-electron chi connectivity index (χ1n) is 7.50. The average Bonchev–Trinajstić information content (AvgIpc) is 3.09. The number of H-pyrrole nitrogens is 1. The van der Waals surface area contributed by atoms with Crippen LogP contribution in [0.1, 0.15) is 27.4 Å². The standard InChI is InChI=1S/C17H18ClN5O/c1-9-5-6-12(7-13(9)18)19-17(24)15-8-14(20-21-15)16-10(2)22-23(4)11(16)3/h5-8H,1-4H3,(H,19,24)(H,20,21). The van der Waals surface area contributed by atoms with Crippen LogP contribution in [0.25, 0.3) is 11.3 Å². The summed E-state index contributed by atoms with van der Waals surface area (Å²) in [6.07, 6.45) is 0. The summed E-state index contributed by atoms with van der Waals surface area (Å²) in [7, 11) is 1.88. The molecule has 3 rings (SSSR count). The molecule has 0 atom stereocenters. The summed E-state index contributed by atoms with van der Waals surface area (Å²) in [5, 5.41) is 14.8. The zero-order valence-electron chi connectivity index (χ0n) is 13.9. The number of carbonyl (C=O) groups excluding carboxylic acids is 1. The van der Waals surface area contributed by atoms with Gasteiger partial charge in [-0.05, 0) is 44.5 Å². The Morgan fingerprint density at radius 1 is 1.25 bits per heavy atom. The smallest absolute Gasteiger partial charge is 0.273 e. The highest BCUT2D eigenvalue weighted by Crippen LogP contribution is 2.25. The summed E-state index contributed by atoms with van der Waals surface area (Å²) in [5.41, 5.74) is 5.48. The molecule has 0 aliphatic heterocycles. The fraction of sp³-hybridized carbons (Fsp3) is 0.235. The molecule has 1 amide bonds. The lowest BCUT2D eigenvalue weighted by Crippen LogP contribution is -2.12. The Kier molecular flexibility index (Phi) is 4.15. The molecule has 124 valence electrons. The Labute approximate surface area is 144 Å². The molecule has 2 N–H and O–H groups in total. The molecular weight excluding hydrogens is 326 g/mol. The average molecular weight is 344 g/mol. The minimum Gasteiger partial charge on any atom is -0.321 e. The maximum atomic E-state index is 12.4. The van der Waals surface area contributed by atoms with E-state index >= 15 is 0 Å². The van der Waals surface area contributed by atoms with E-state index in [1.165, 1.54) is 0 Å². The number of nitrogens with one attached hydrogen (secondary N) is 2. The fourth-order valence-corrected chi connectivity index (χ4v) is 2.76. The van der Waals surface area contributed by atoms with Crippen molar-refractivity contribution in [3.05, 3.63) is 51.9 Å². The van der Waals surface area contributed by atoms with Crippen molar-refractivity contribution >= 4 is 23.2 Å². The molecule has 0 saturated carbocycles. The van der Waals surface area contributed by atoms with Gasteiger partial charge in [-0.2, -0.15) is 10.2 Å². The van der Waals surface area contributed by atoms with Gasteiger partial charge in [0.25, 0.3) is 5.91 Å². The maximum absolute atomic E-state index is 12.4. The quantitative estimate of drug-likeness (QED) is 0.762. The van der Waals surface area contributed by atoms with Gasteiger partial charge in [-0.25, -0.2) is 0 Å². The molecule has 3 aromatic rings. The molecule has 0 radical (unpaired) electrons. The number of hydrogen-bond donors (Lipinski definition) is 2. The molecule has 0 aliphatic rings. The lowest BCUT2D eigenvalue weighted by Gasteiger charge is -2.05. The van der Waals surface area contributed by atoms with Crippen molar-refractivity contribution in [2.24, 2.45) is 7.05 Å². The predicted molar refractivity (Wildman–Crippen MR) is 94.4 cm³/mol. The number of amides is 1. The number of benzene rings is 1. The minimum absolute atomic E-state index is 0.270. The Balaban J connectivity index is 1.84. The van der Waals surface area contributed by atoms with Gasteiger partial charge in [0, 0.05) is 29.0 Å². The number of aromatic amines is 1. The number of anilines is 1. The fourth-order valence-electron chi connectivity index (χ4n) is 2.58. The van der Waals surface area contributed by atoms with Crippen LogP contribution in [0.3, 0.4) is 0 Å². The van der Waals surface area contributed by atoms with E-state index in [1.807, 2.05) is 40.0 Å². The van der Waals surface area contributed by atoms with E-state index in [0.29, 0.717) is 22.1 Å². The van der Waals surface area contributed by atoms with Gasteiger partial charge >= 0.3 is 0 Å². The van der Waals surface area contributed by atoms with Gasteiger partial charge in [-0.15, -0.1) is 0 Å². The summed E-state index contributed by atoms with van der Waals surface area (Å²) in [4.78, 5) is 12.4. The Bertz CT molecular complexity index is 925. The van der Waals surface area contributed by atoms with Gasteiger partial charge in [0.1, 0.15) is 5.69 Å². The van der Waals surface area contributed by atoms with Crippen LogP contribution in [0.15, 0.2) is 24.3 Å². The number of rotatable bonds is 3. The van der Waals surface area contributed by atoms with Crippen molar-refractivity contribution in [1.82, 2.24) is 20.0 Å². The molecule has 6 nitrogen and oxygen atoms in total. The molecule has 24 heavy (non-hydrogen) atoms. The van der Waals surface area contributed by atoms with E-state index in [1.54, 1.807) is 16.8 Å². The number of aryl methyl sites for hydroxylation is 3. The number of aromatic nitrogens is 4. The van der Waals surface area contributed by atoms with Crippen molar-refractivity contribution in [2.45, 2.75) is 20.8 Å². The SMILES string of the molecule is Cc1ccc(NC(=O)c2cc(-c3c(C)nn(C)c3C)n[nH]2)cc1Cl. The molecule has 0 fully saturated rings. The first-order valence-corrected chi connectivity index (χ1v) is 7.88. The van der Waals surface area contributed by atoms with Crippen LogP contribution in [0.4, 0.5) is 5.69 Å². The van der Waals surface area contributed by atoms with Gasteiger partial charge in [-0.3, -0.25) is 14.6 Å². The lowest BCUT2D eigenvalue weighted by molar-refractivity contribution is 0.102. The van der Waals surface area contributed by atoms with Crippen LogP contribution in [0.5, 0.6) is 0 Å². The number of hydrogen-bond acceptors (Lipinski definition) is 3. The molecule has 0 spiro atoms. The highest BCUT2D eigenvalue weighted by Gasteiger charge is 2.17. The first kappa shape index (κ1) is 16.3. The molecule has 1 aromatic carbocycles. The second-order valence-corrected chi connectivity index (χ2v) is 6.16. The van der Waals surface area contributed by atoms with E-state index in [0.717, 1.165) is 22.5 Å². The molecule has 0 aliphatic carbocycles. The highest BCUT2D eigenvalue weighted by atomic mass is 35.5. The van der Waals surface area contributed by atoms with E-state index in [-0.39, 0.29) is 5.91 Å². The molecule has 0 unspecified atom stereocenters. The van der Waals surface area contributed by atoms with Crippen LogP contribution >= 0.6 is 11.6 Å². The summed E-state index contributed by atoms with van der Waals surface area (Å²) in [5.74, 6) is -0.270. The van der Waals surface area contributed by atoms with Crippen molar-refractivity contribution in [1.29, 1.82) is 0 Å². The van der Waals surface area contributed by atoms with Gasteiger partial charge in [-0.1, -0.05) is 17.7 Å². The van der Waals surface area contributed by atoms with Crippen molar-refractivity contribution in [2.75, 3.05) is 5.32 Å². The van der Waals surface area contributed by atoms with Gasteiger partial charge < -0.3 is 5.32 Å². The molecule has 0 bridgehead atoms. The zero-order chi connectivity index (χ0) is 17.4. The normalized spacial score (nSPS) is 10.9. The van der Waals surface area contributed by atoms with Gasteiger partial charge in [0.2, 0.25) is 0 Å². The largest absolute Gasteiger partial charge is 0.321 e. The predicted octanol–water partition coefficient (Wildman–Crippen LogP) is 3.64. The number of halogens is 1. The molecular formula is C17H18ClN5O. The lowest BCUT2D eigenvalue weighted by atomic mass is 10.1. The van der Waals surface area contributed by atoms with Crippen LogP contribution in [-0.4, -0.2) is 25.9 Å². The highest BCUT2D eigenvalue weighted by molar-refractivity contribution is 6.31. The van der Waals surface area contributed by atoms with Crippen LogP contribution in [-0.2, 0) is 7.05 Å². The second kappa shape index (κ2) is 6.13. The van der Waals surface area contributed by atoms with E-state index in [2.05, 4.69) is 20.6 Å². The summed E-state index contributed by atoms with van der Waals surface area (Å²) >= 11 is 6.08. The molecule has 0 saturated heterocycles. The molecule has 2 aromatic heterocycles. The van der Waals surface area contributed by atoms with Crippen LogP contribution in [0, 0.1) is 20.8 Å². The Morgan fingerprint density at radius 3 is 2.62 bits per heavy atom. The van der Waals surface area contributed by atoms with Crippen molar-refractivity contribution in [3.8, 4) is 11.3 Å².